The maximum atomic E-state index is 5.67. The molecular weight excluding hydrogens is 210 g/mol. The van der Waals surface area contributed by atoms with Gasteiger partial charge in [0.2, 0.25) is 0 Å². The number of hydrogen-bond acceptors (Lipinski definition) is 2. The van der Waals surface area contributed by atoms with E-state index in [0.717, 1.165) is 18.6 Å². The van der Waals surface area contributed by atoms with Crippen LogP contribution in [0.15, 0.2) is 29.8 Å². The van der Waals surface area contributed by atoms with Crippen molar-refractivity contribution in [2.75, 3.05) is 13.7 Å². The first-order valence-corrected chi connectivity index (χ1v) is 6.38. The van der Waals surface area contributed by atoms with E-state index >= 15 is 0 Å². The van der Waals surface area contributed by atoms with Gasteiger partial charge in [-0.05, 0) is 50.3 Å². The Bertz CT molecular complexity index is 409. The van der Waals surface area contributed by atoms with Crippen LogP contribution in [0.4, 0.5) is 0 Å². The first kappa shape index (κ1) is 12.2. The molecule has 17 heavy (non-hydrogen) atoms. The average Bonchev–Trinajstić information content (AvgIpc) is 2.84. The molecule has 0 aliphatic heterocycles. The van der Waals surface area contributed by atoms with E-state index in [0.29, 0.717) is 6.54 Å². The van der Waals surface area contributed by atoms with Gasteiger partial charge in [0, 0.05) is 5.56 Å². The zero-order valence-electron chi connectivity index (χ0n) is 10.5. The second-order valence-electron chi connectivity index (χ2n) is 4.57. The molecule has 1 aromatic carbocycles. The molecule has 92 valence electrons. The Hall–Kier alpha value is -1.28. The maximum absolute atomic E-state index is 5.67. The quantitative estimate of drug-likeness (QED) is 0.791. The van der Waals surface area contributed by atoms with E-state index in [2.05, 4.69) is 18.2 Å². The third-order valence-electron chi connectivity index (χ3n) is 3.40. The summed E-state index contributed by atoms with van der Waals surface area (Å²) in [6.07, 6.45) is 8.10. The Labute approximate surface area is 103 Å². The van der Waals surface area contributed by atoms with E-state index in [1.807, 2.05) is 6.07 Å². The summed E-state index contributed by atoms with van der Waals surface area (Å²) in [6.45, 7) is 0.694. The summed E-state index contributed by atoms with van der Waals surface area (Å²) in [7, 11) is 1.74. The molecule has 0 aromatic heterocycles. The molecule has 0 unspecified atom stereocenters. The van der Waals surface area contributed by atoms with Crippen molar-refractivity contribution in [2.24, 2.45) is 5.73 Å². The summed E-state index contributed by atoms with van der Waals surface area (Å²) < 4.78 is 5.47. The Morgan fingerprint density at radius 1 is 1.35 bits per heavy atom. The van der Waals surface area contributed by atoms with Gasteiger partial charge in [-0.15, -0.1) is 0 Å². The monoisotopic (exact) mass is 231 g/mol. The summed E-state index contributed by atoms with van der Waals surface area (Å²) in [4.78, 5) is 0. The molecule has 2 heteroatoms. The van der Waals surface area contributed by atoms with Crippen LogP contribution in [0.3, 0.4) is 0 Å². The lowest BCUT2D eigenvalue weighted by atomic mass is 9.96. The summed E-state index contributed by atoms with van der Waals surface area (Å²) in [5, 5.41) is 0. The molecule has 0 spiro atoms. The molecule has 0 saturated heterocycles. The van der Waals surface area contributed by atoms with Gasteiger partial charge >= 0.3 is 0 Å². The summed E-state index contributed by atoms with van der Waals surface area (Å²) in [6, 6.07) is 6.27. The molecule has 1 aliphatic carbocycles. The fourth-order valence-electron chi connectivity index (χ4n) is 2.52. The number of ether oxygens (including phenoxy) is 1. The zero-order chi connectivity index (χ0) is 12.1. The number of nitrogens with two attached hydrogens (primary N) is 1. The van der Waals surface area contributed by atoms with Crippen LogP contribution >= 0.6 is 0 Å². The fraction of sp³-hybridized carbons (Fsp3) is 0.467. The first-order chi connectivity index (χ1) is 8.35. The number of hydrogen-bond donors (Lipinski definition) is 1. The molecule has 1 aromatic rings. The van der Waals surface area contributed by atoms with E-state index in [1.165, 1.54) is 30.4 Å². The lowest BCUT2D eigenvalue weighted by Gasteiger charge is -2.14. The van der Waals surface area contributed by atoms with Crippen LogP contribution in [-0.2, 0) is 12.8 Å². The van der Waals surface area contributed by atoms with Crippen molar-refractivity contribution < 1.29 is 4.74 Å². The van der Waals surface area contributed by atoms with E-state index in [9.17, 15) is 0 Å². The lowest BCUT2D eigenvalue weighted by molar-refractivity contribution is 0.409. The van der Waals surface area contributed by atoms with Crippen LogP contribution in [0.5, 0.6) is 5.75 Å². The molecule has 0 heterocycles. The maximum Gasteiger partial charge on any atom is 0.122 e. The van der Waals surface area contributed by atoms with Gasteiger partial charge in [-0.2, -0.15) is 0 Å². The lowest BCUT2D eigenvalue weighted by Crippen LogP contribution is -2.07. The van der Waals surface area contributed by atoms with Gasteiger partial charge in [0.15, 0.2) is 0 Å². The molecule has 0 saturated carbocycles. The van der Waals surface area contributed by atoms with Gasteiger partial charge in [-0.1, -0.05) is 23.8 Å². The highest BCUT2D eigenvalue weighted by Crippen LogP contribution is 2.29. The van der Waals surface area contributed by atoms with Gasteiger partial charge < -0.3 is 10.5 Å². The molecule has 0 atom stereocenters. The van der Waals surface area contributed by atoms with Gasteiger partial charge in [0.05, 0.1) is 7.11 Å². The van der Waals surface area contributed by atoms with Gasteiger partial charge in [-0.3, -0.25) is 0 Å². The van der Waals surface area contributed by atoms with Crippen molar-refractivity contribution in [3.63, 3.8) is 0 Å². The highest BCUT2D eigenvalue weighted by Gasteiger charge is 2.12. The van der Waals surface area contributed by atoms with E-state index in [-0.39, 0.29) is 0 Å². The van der Waals surface area contributed by atoms with Crippen molar-refractivity contribution in [1.82, 2.24) is 0 Å². The van der Waals surface area contributed by atoms with Crippen LogP contribution in [0.1, 0.15) is 30.4 Å². The van der Waals surface area contributed by atoms with E-state index in [4.69, 9.17) is 10.5 Å². The average molecular weight is 231 g/mol. The van der Waals surface area contributed by atoms with Crippen LogP contribution in [-0.4, -0.2) is 13.7 Å². The van der Waals surface area contributed by atoms with Crippen molar-refractivity contribution >= 4 is 0 Å². The Morgan fingerprint density at radius 2 is 2.24 bits per heavy atom. The zero-order valence-corrected chi connectivity index (χ0v) is 10.5. The smallest absolute Gasteiger partial charge is 0.122 e. The predicted octanol–water partition coefficient (Wildman–Crippen LogP) is 2.85. The number of methoxy groups -OCH3 is 1. The van der Waals surface area contributed by atoms with E-state index < -0.39 is 0 Å². The van der Waals surface area contributed by atoms with Crippen molar-refractivity contribution in [1.29, 1.82) is 0 Å². The molecule has 2 N–H and O–H groups in total. The Morgan fingerprint density at radius 3 is 2.88 bits per heavy atom. The van der Waals surface area contributed by atoms with Gasteiger partial charge in [0.1, 0.15) is 5.75 Å². The van der Waals surface area contributed by atoms with Crippen molar-refractivity contribution in [3.05, 3.63) is 41.0 Å². The largest absolute Gasteiger partial charge is 0.496 e. The van der Waals surface area contributed by atoms with Crippen LogP contribution in [0, 0.1) is 0 Å². The van der Waals surface area contributed by atoms with Crippen LogP contribution in [0.2, 0.25) is 0 Å². The predicted molar refractivity (Wildman–Crippen MR) is 71.4 cm³/mol. The third kappa shape index (κ3) is 2.89. The SMILES string of the molecule is COc1cccc(CCN)c1CC1=CCCC1. The normalized spacial score (nSPS) is 14.8. The summed E-state index contributed by atoms with van der Waals surface area (Å²) in [5.74, 6) is 1.00. The van der Waals surface area contributed by atoms with Crippen molar-refractivity contribution in [2.45, 2.75) is 32.1 Å². The fourth-order valence-corrected chi connectivity index (χ4v) is 2.52. The molecule has 0 bridgehead atoms. The highest BCUT2D eigenvalue weighted by molar-refractivity contribution is 5.43. The van der Waals surface area contributed by atoms with Gasteiger partial charge in [0.25, 0.3) is 0 Å². The Balaban J connectivity index is 2.27. The van der Waals surface area contributed by atoms with Gasteiger partial charge in [-0.25, -0.2) is 0 Å². The molecule has 2 rings (SSSR count). The molecule has 0 amide bonds. The number of benzene rings is 1. The van der Waals surface area contributed by atoms with Crippen molar-refractivity contribution in [3.8, 4) is 5.75 Å². The third-order valence-corrected chi connectivity index (χ3v) is 3.40. The number of rotatable bonds is 5. The molecule has 0 radical (unpaired) electrons. The molecule has 1 aliphatic rings. The Kier molecular flexibility index (Phi) is 4.21. The minimum absolute atomic E-state index is 0.694. The summed E-state index contributed by atoms with van der Waals surface area (Å²) >= 11 is 0. The van der Waals surface area contributed by atoms with Crippen LogP contribution < -0.4 is 10.5 Å². The summed E-state index contributed by atoms with van der Waals surface area (Å²) in [5.41, 5.74) is 9.88. The highest BCUT2D eigenvalue weighted by atomic mass is 16.5. The first-order valence-electron chi connectivity index (χ1n) is 6.38. The van der Waals surface area contributed by atoms with E-state index in [1.54, 1.807) is 12.7 Å². The second-order valence-corrected chi connectivity index (χ2v) is 4.57. The second kappa shape index (κ2) is 5.87. The topological polar surface area (TPSA) is 35.2 Å². The molecule has 2 nitrogen and oxygen atoms in total. The minimum atomic E-state index is 0.694. The molecular formula is C15H21NO. The minimum Gasteiger partial charge on any atom is -0.496 e. The standard InChI is InChI=1S/C15H21NO/c1-17-15-8-4-7-13(9-10-16)14(15)11-12-5-2-3-6-12/h4-5,7-8H,2-3,6,9-11,16H2,1H3. The van der Waals surface area contributed by atoms with Crippen LogP contribution in [0.25, 0.3) is 0 Å². The number of allylic oxidation sites excluding steroid dienone is 2. The molecule has 0 fully saturated rings.